The van der Waals surface area contributed by atoms with Crippen LogP contribution in [0, 0.1) is 11.3 Å². The highest BCUT2D eigenvalue weighted by atomic mass is 35.5. The summed E-state index contributed by atoms with van der Waals surface area (Å²) >= 11 is 11.9. The molecular weight excluding hydrogens is 281 g/mol. The number of benzene rings is 1. The molecule has 0 amide bonds. The molecule has 19 heavy (non-hydrogen) atoms. The molecule has 1 heterocycles. The van der Waals surface area contributed by atoms with Gasteiger partial charge in [-0.25, -0.2) is 0 Å². The predicted molar refractivity (Wildman–Crippen MR) is 78.5 cm³/mol. The lowest BCUT2D eigenvalue weighted by Crippen LogP contribution is -2.38. The maximum atomic E-state index is 9.48. The molecule has 0 unspecified atom stereocenters. The van der Waals surface area contributed by atoms with Gasteiger partial charge in [0.1, 0.15) is 0 Å². The van der Waals surface area contributed by atoms with Crippen molar-refractivity contribution in [1.29, 1.82) is 5.26 Å². The van der Waals surface area contributed by atoms with Crippen molar-refractivity contribution in [2.24, 2.45) is 5.10 Å². The van der Waals surface area contributed by atoms with Gasteiger partial charge < -0.3 is 0 Å². The summed E-state index contributed by atoms with van der Waals surface area (Å²) in [7, 11) is 0. The maximum Gasteiger partial charge on any atom is 0.159 e. The van der Waals surface area contributed by atoms with Crippen LogP contribution in [0.15, 0.2) is 23.3 Å². The first-order chi connectivity index (χ1) is 8.85. The summed E-state index contributed by atoms with van der Waals surface area (Å²) in [6.07, 6.45) is 0.854. The van der Waals surface area contributed by atoms with Gasteiger partial charge in [0.05, 0.1) is 21.7 Å². The molecule has 1 aromatic carbocycles. The van der Waals surface area contributed by atoms with E-state index in [-0.39, 0.29) is 5.54 Å². The summed E-state index contributed by atoms with van der Waals surface area (Å²) in [5, 5.41) is 16.8. The molecule has 5 heteroatoms. The fourth-order valence-corrected chi connectivity index (χ4v) is 2.73. The first-order valence-electron chi connectivity index (χ1n) is 6.03. The topological polar surface area (TPSA) is 39.4 Å². The zero-order valence-electron chi connectivity index (χ0n) is 11.1. The van der Waals surface area contributed by atoms with Crippen LogP contribution < -0.4 is 0 Å². The third-order valence-electron chi connectivity index (χ3n) is 3.21. The highest BCUT2D eigenvalue weighted by Crippen LogP contribution is 2.36. The lowest BCUT2D eigenvalue weighted by atomic mass is 9.96. The number of hydrogen-bond donors (Lipinski definition) is 0. The molecule has 0 radical (unpaired) electrons. The normalized spacial score (nSPS) is 18.9. The molecule has 0 spiro atoms. The highest BCUT2D eigenvalue weighted by molar-refractivity contribution is 6.42. The molecular formula is C14H15Cl2N3. The van der Waals surface area contributed by atoms with E-state index in [2.05, 4.69) is 25.0 Å². The largest absolute Gasteiger partial charge is 0.269 e. The smallest absolute Gasteiger partial charge is 0.159 e. The summed E-state index contributed by atoms with van der Waals surface area (Å²) in [5.41, 5.74) is 1.67. The third kappa shape index (κ3) is 2.70. The molecule has 1 atom stereocenters. The van der Waals surface area contributed by atoms with Gasteiger partial charge in [0.15, 0.2) is 6.04 Å². The van der Waals surface area contributed by atoms with Gasteiger partial charge in [-0.1, -0.05) is 29.3 Å². The number of hydrogen-bond acceptors (Lipinski definition) is 3. The first-order valence-corrected chi connectivity index (χ1v) is 6.79. The van der Waals surface area contributed by atoms with Crippen LogP contribution >= 0.6 is 23.2 Å². The monoisotopic (exact) mass is 295 g/mol. The molecule has 1 aliphatic heterocycles. The fraction of sp³-hybridized carbons (Fsp3) is 0.429. The second kappa shape index (κ2) is 5.03. The van der Waals surface area contributed by atoms with Crippen molar-refractivity contribution < 1.29 is 0 Å². The molecule has 0 saturated heterocycles. The van der Waals surface area contributed by atoms with Crippen molar-refractivity contribution in [3.8, 4) is 6.07 Å². The van der Waals surface area contributed by atoms with Gasteiger partial charge in [-0.2, -0.15) is 10.4 Å². The SMILES string of the molecule is CC1=NN([C@@H](C#N)c2ccc(Cl)c(Cl)c2)C(C)(C)C1. The van der Waals surface area contributed by atoms with Crippen LogP contribution in [0.25, 0.3) is 0 Å². The molecule has 0 saturated carbocycles. The fourth-order valence-electron chi connectivity index (χ4n) is 2.42. The second-order valence-electron chi connectivity index (χ2n) is 5.37. The van der Waals surface area contributed by atoms with Gasteiger partial charge in [-0.05, 0) is 38.5 Å². The number of rotatable bonds is 2. The van der Waals surface area contributed by atoms with E-state index in [0.717, 1.165) is 17.7 Å². The quantitative estimate of drug-likeness (QED) is 0.810. The molecule has 0 fully saturated rings. The average molecular weight is 296 g/mol. The lowest BCUT2D eigenvalue weighted by Gasteiger charge is -2.34. The van der Waals surface area contributed by atoms with Gasteiger partial charge in [0.25, 0.3) is 0 Å². The molecule has 3 nitrogen and oxygen atoms in total. The minimum Gasteiger partial charge on any atom is -0.269 e. The van der Waals surface area contributed by atoms with E-state index in [1.54, 1.807) is 12.1 Å². The Morgan fingerprint density at radius 2 is 2.05 bits per heavy atom. The zero-order valence-corrected chi connectivity index (χ0v) is 12.6. The Kier molecular flexibility index (Phi) is 3.75. The Labute approximate surface area is 123 Å². The summed E-state index contributed by atoms with van der Waals surface area (Å²) in [6.45, 7) is 6.13. The number of hydrazone groups is 1. The maximum absolute atomic E-state index is 9.48. The van der Waals surface area contributed by atoms with Gasteiger partial charge in [-0.3, -0.25) is 5.01 Å². The first kappa shape index (κ1) is 14.2. The number of halogens is 2. The summed E-state index contributed by atoms with van der Waals surface area (Å²) in [6, 6.07) is 7.11. The Morgan fingerprint density at radius 1 is 1.37 bits per heavy atom. The van der Waals surface area contributed by atoms with Gasteiger partial charge in [-0.15, -0.1) is 0 Å². The second-order valence-corrected chi connectivity index (χ2v) is 6.19. The molecule has 1 aromatic rings. The molecule has 0 aliphatic carbocycles. The predicted octanol–water partition coefficient (Wildman–Crippen LogP) is 4.42. The summed E-state index contributed by atoms with van der Waals surface area (Å²) < 4.78 is 0. The van der Waals surface area contributed by atoms with E-state index in [1.807, 2.05) is 18.0 Å². The van der Waals surface area contributed by atoms with Crippen LogP contribution in [0.5, 0.6) is 0 Å². The standard InChI is InChI=1S/C14H15Cl2N3/c1-9-7-14(2,3)19(18-9)13(8-17)10-4-5-11(15)12(16)6-10/h4-6,13H,7H2,1-3H3/t13-/m0/s1. The minimum absolute atomic E-state index is 0.170. The van der Waals surface area contributed by atoms with Crippen molar-refractivity contribution >= 4 is 28.9 Å². The van der Waals surface area contributed by atoms with Crippen LogP contribution in [-0.4, -0.2) is 16.3 Å². The van der Waals surface area contributed by atoms with Crippen LogP contribution in [0.3, 0.4) is 0 Å². The Bertz CT molecular complexity index is 573. The molecule has 1 aliphatic rings. The van der Waals surface area contributed by atoms with Crippen molar-refractivity contribution in [3.05, 3.63) is 33.8 Å². The lowest BCUT2D eigenvalue weighted by molar-refractivity contribution is 0.123. The number of nitriles is 1. The van der Waals surface area contributed by atoms with Gasteiger partial charge >= 0.3 is 0 Å². The Balaban J connectivity index is 2.41. The van der Waals surface area contributed by atoms with Crippen LogP contribution in [-0.2, 0) is 0 Å². The van der Waals surface area contributed by atoms with Crippen molar-refractivity contribution in [2.75, 3.05) is 0 Å². The van der Waals surface area contributed by atoms with Crippen molar-refractivity contribution in [3.63, 3.8) is 0 Å². The molecule has 100 valence electrons. The molecule has 2 rings (SSSR count). The minimum atomic E-state index is -0.456. The summed E-state index contributed by atoms with van der Waals surface area (Å²) in [4.78, 5) is 0. The van der Waals surface area contributed by atoms with E-state index in [1.165, 1.54) is 0 Å². The third-order valence-corrected chi connectivity index (χ3v) is 3.95. The van der Waals surface area contributed by atoms with Crippen LogP contribution in [0.4, 0.5) is 0 Å². The number of nitrogens with zero attached hydrogens (tertiary/aromatic N) is 3. The Hall–Kier alpha value is -1.24. The highest BCUT2D eigenvalue weighted by Gasteiger charge is 2.37. The van der Waals surface area contributed by atoms with Crippen LogP contribution in [0.2, 0.25) is 10.0 Å². The molecule has 0 bridgehead atoms. The molecule has 0 aromatic heterocycles. The van der Waals surface area contributed by atoms with E-state index in [9.17, 15) is 5.26 Å². The van der Waals surface area contributed by atoms with Gasteiger partial charge in [0, 0.05) is 12.1 Å². The van der Waals surface area contributed by atoms with E-state index >= 15 is 0 Å². The van der Waals surface area contributed by atoms with Gasteiger partial charge in [0.2, 0.25) is 0 Å². The summed E-state index contributed by atoms with van der Waals surface area (Å²) in [5.74, 6) is 0. The average Bonchev–Trinajstić information content (AvgIpc) is 2.58. The van der Waals surface area contributed by atoms with Crippen molar-refractivity contribution in [1.82, 2.24) is 5.01 Å². The van der Waals surface area contributed by atoms with Crippen molar-refractivity contribution in [2.45, 2.75) is 38.8 Å². The van der Waals surface area contributed by atoms with E-state index in [0.29, 0.717) is 10.0 Å². The zero-order chi connectivity index (χ0) is 14.2. The van der Waals surface area contributed by atoms with E-state index < -0.39 is 6.04 Å². The Morgan fingerprint density at radius 3 is 2.53 bits per heavy atom. The molecule has 0 N–H and O–H groups in total. The van der Waals surface area contributed by atoms with Crippen LogP contribution in [0.1, 0.15) is 38.8 Å². The van der Waals surface area contributed by atoms with E-state index in [4.69, 9.17) is 23.2 Å².